The van der Waals surface area contributed by atoms with Crippen LogP contribution in [0.3, 0.4) is 0 Å². The van der Waals surface area contributed by atoms with Crippen molar-refractivity contribution in [1.29, 1.82) is 0 Å². The predicted molar refractivity (Wildman–Crippen MR) is 132 cm³/mol. The summed E-state index contributed by atoms with van der Waals surface area (Å²) in [6.45, 7) is 2.67. The fourth-order valence-corrected chi connectivity index (χ4v) is 4.41. The van der Waals surface area contributed by atoms with Gasteiger partial charge in [-0.3, -0.25) is 9.78 Å². The summed E-state index contributed by atoms with van der Waals surface area (Å²) in [5.41, 5.74) is 3.24. The Morgan fingerprint density at radius 2 is 1.86 bits per heavy atom. The molecule has 1 saturated carbocycles. The summed E-state index contributed by atoms with van der Waals surface area (Å²) >= 11 is 0. The standard InChI is InChI=1S/C29H26F2N2O2/c1-18-10-13-24(19(2)14-18)29(30,31)17-33-28(34)27-23-8-3-4-9-25(23)32-16-26(27)35-22-7-5-6-21(15-22)20-11-12-20/h3-10,13-16,20H,11-12,17H2,1-2H3,(H,33,34). The molecule has 178 valence electrons. The minimum atomic E-state index is -3.23. The molecule has 6 heteroatoms. The van der Waals surface area contributed by atoms with Gasteiger partial charge in [0.25, 0.3) is 11.8 Å². The van der Waals surface area contributed by atoms with Gasteiger partial charge in [-0.15, -0.1) is 0 Å². The SMILES string of the molecule is Cc1ccc(C(F)(F)CNC(=O)c2c(Oc3cccc(C4CC4)c3)cnc3ccccc23)c(C)c1. The average molecular weight is 473 g/mol. The molecule has 5 rings (SSSR count). The number of alkyl halides is 2. The Kier molecular flexibility index (Phi) is 5.97. The van der Waals surface area contributed by atoms with Crippen LogP contribution in [0.5, 0.6) is 11.5 Å². The van der Waals surface area contributed by atoms with Gasteiger partial charge in [0.15, 0.2) is 5.75 Å². The van der Waals surface area contributed by atoms with E-state index in [1.807, 2.05) is 31.2 Å². The first kappa shape index (κ1) is 23.0. The van der Waals surface area contributed by atoms with E-state index < -0.39 is 18.4 Å². The highest BCUT2D eigenvalue weighted by Gasteiger charge is 2.34. The first-order chi connectivity index (χ1) is 16.8. The molecule has 35 heavy (non-hydrogen) atoms. The quantitative estimate of drug-likeness (QED) is 0.314. The zero-order valence-corrected chi connectivity index (χ0v) is 19.6. The van der Waals surface area contributed by atoms with Gasteiger partial charge < -0.3 is 10.1 Å². The van der Waals surface area contributed by atoms with Crippen LogP contribution in [0.25, 0.3) is 10.9 Å². The highest BCUT2D eigenvalue weighted by molar-refractivity contribution is 6.08. The zero-order valence-electron chi connectivity index (χ0n) is 19.6. The molecular formula is C29H26F2N2O2. The Morgan fingerprint density at radius 3 is 2.63 bits per heavy atom. The maximum Gasteiger partial charge on any atom is 0.290 e. The number of hydrogen-bond acceptors (Lipinski definition) is 3. The van der Waals surface area contributed by atoms with Gasteiger partial charge >= 0.3 is 0 Å². The normalized spacial score (nSPS) is 13.6. The second-order valence-corrected chi connectivity index (χ2v) is 9.17. The molecule has 0 unspecified atom stereocenters. The minimum Gasteiger partial charge on any atom is -0.455 e. The van der Waals surface area contributed by atoms with Gasteiger partial charge in [0.05, 0.1) is 23.8 Å². The van der Waals surface area contributed by atoms with Gasteiger partial charge in [-0.25, -0.2) is 0 Å². The van der Waals surface area contributed by atoms with Gasteiger partial charge in [-0.05, 0) is 61.9 Å². The van der Waals surface area contributed by atoms with E-state index in [1.54, 1.807) is 37.3 Å². The van der Waals surface area contributed by atoms with Gasteiger partial charge in [0, 0.05) is 10.9 Å². The van der Waals surface area contributed by atoms with E-state index in [9.17, 15) is 4.79 Å². The summed E-state index contributed by atoms with van der Waals surface area (Å²) in [6.07, 6.45) is 3.79. The Morgan fingerprint density at radius 1 is 1.06 bits per heavy atom. The highest BCUT2D eigenvalue weighted by Crippen LogP contribution is 2.41. The third-order valence-electron chi connectivity index (χ3n) is 6.35. The third kappa shape index (κ3) is 4.87. The maximum absolute atomic E-state index is 15.1. The number of carbonyl (C=O) groups is 1. The van der Waals surface area contributed by atoms with Crippen LogP contribution in [0.1, 0.15) is 51.4 Å². The molecule has 1 N–H and O–H groups in total. The Labute approximate surface area is 203 Å². The first-order valence-electron chi connectivity index (χ1n) is 11.7. The summed E-state index contributed by atoms with van der Waals surface area (Å²) in [6, 6.07) is 19.6. The lowest BCUT2D eigenvalue weighted by Crippen LogP contribution is -2.35. The molecule has 0 radical (unpaired) electrons. The molecule has 0 atom stereocenters. The zero-order chi connectivity index (χ0) is 24.6. The van der Waals surface area contributed by atoms with Gasteiger partial charge in [0.2, 0.25) is 0 Å². The number of fused-ring (bicyclic) bond motifs is 1. The molecule has 1 heterocycles. The van der Waals surface area contributed by atoms with Crippen molar-refractivity contribution in [2.75, 3.05) is 6.54 Å². The van der Waals surface area contributed by atoms with Crippen molar-refractivity contribution in [2.45, 2.75) is 38.5 Å². The highest BCUT2D eigenvalue weighted by atomic mass is 19.3. The van der Waals surface area contributed by atoms with Crippen LogP contribution in [-0.2, 0) is 5.92 Å². The molecule has 3 aromatic carbocycles. The molecule has 1 aliphatic carbocycles. The van der Waals surface area contributed by atoms with E-state index in [0.29, 0.717) is 28.1 Å². The second-order valence-electron chi connectivity index (χ2n) is 9.17. The number of aryl methyl sites for hydroxylation is 2. The Bertz CT molecular complexity index is 1410. The summed E-state index contributed by atoms with van der Waals surface area (Å²) in [7, 11) is 0. The van der Waals surface area contributed by atoms with E-state index in [-0.39, 0.29) is 16.9 Å². The molecule has 1 aliphatic rings. The molecule has 0 spiro atoms. The van der Waals surface area contributed by atoms with Crippen LogP contribution in [0.4, 0.5) is 8.78 Å². The maximum atomic E-state index is 15.1. The van der Waals surface area contributed by atoms with Crippen molar-refractivity contribution >= 4 is 16.8 Å². The molecule has 1 fully saturated rings. The monoisotopic (exact) mass is 472 g/mol. The smallest absolute Gasteiger partial charge is 0.290 e. The number of nitrogens with zero attached hydrogens (tertiary/aromatic N) is 1. The van der Waals surface area contributed by atoms with Gasteiger partial charge in [0.1, 0.15) is 5.75 Å². The third-order valence-corrected chi connectivity index (χ3v) is 6.35. The van der Waals surface area contributed by atoms with Crippen molar-refractivity contribution in [2.24, 2.45) is 0 Å². The number of benzene rings is 3. The van der Waals surface area contributed by atoms with Crippen LogP contribution < -0.4 is 10.1 Å². The number of para-hydroxylation sites is 1. The number of halogens is 2. The van der Waals surface area contributed by atoms with Crippen LogP contribution in [-0.4, -0.2) is 17.4 Å². The van der Waals surface area contributed by atoms with Crippen molar-refractivity contribution < 1.29 is 18.3 Å². The number of hydrogen-bond donors (Lipinski definition) is 1. The largest absolute Gasteiger partial charge is 0.455 e. The number of aromatic nitrogens is 1. The lowest BCUT2D eigenvalue weighted by atomic mass is 10.00. The summed E-state index contributed by atoms with van der Waals surface area (Å²) < 4.78 is 36.2. The summed E-state index contributed by atoms with van der Waals surface area (Å²) in [4.78, 5) is 17.7. The fraction of sp³-hybridized carbons (Fsp3) is 0.241. The number of pyridine rings is 1. The lowest BCUT2D eigenvalue weighted by molar-refractivity contribution is -0.00308. The number of ether oxygens (including phenoxy) is 1. The first-order valence-corrected chi connectivity index (χ1v) is 11.7. The van der Waals surface area contributed by atoms with E-state index in [4.69, 9.17) is 4.74 Å². The average Bonchev–Trinajstić information content (AvgIpc) is 3.68. The molecule has 0 aliphatic heterocycles. The lowest BCUT2D eigenvalue weighted by Gasteiger charge is -2.21. The second kappa shape index (κ2) is 9.10. The van der Waals surface area contributed by atoms with Crippen molar-refractivity contribution in [1.82, 2.24) is 10.3 Å². The topological polar surface area (TPSA) is 51.2 Å². The molecule has 0 bridgehead atoms. The van der Waals surface area contributed by atoms with Crippen LogP contribution in [0, 0.1) is 13.8 Å². The molecule has 1 amide bonds. The van der Waals surface area contributed by atoms with Gasteiger partial charge in [-0.1, -0.05) is 54.1 Å². The fourth-order valence-electron chi connectivity index (χ4n) is 4.41. The van der Waals surface area contributed by atoms with E-state index in [0.717, 1.165) is 18.4 Å². The molecule has 4 nitrogen and oxygen atoms in total. The van der Waals surface area contributed by atoms with E-state index in [2.05, 4.69) is 16.4 Å². The van der Waals surface area contributed by atoms with Crippen molar-refractivity contribution in [3.63, 3.8) is 0 Å². The Hall–Kier alpha value is -3.80. The van der Waals surface area contributed by atoms with Gasteiger partial charge in [-0.2, -0.15) is 8.78 Å². The summed E-state index contributed by atoms with van der Waals surface area (Å²) in [5.74, 6) is -2.51. The molecule has 0 saturated heterocycles. The number of carbonyl (C=O) groups excluding carboxylic acids is 1. The predicted octanol–water partition coefficient (Wildman–Crippen LogP) is 7.04. The number of nitrogens with one attached hydrogen (secondary N) is 1. The molecular weight excluding hydrogens is 446 g/mol. The van der Waals surface area contributed by atoms with Crippen LogP contribution in [0.2, 0.25) is 0 Å². The Balaban J connectivity index is 1.45. The van der Waals surface area contributed by atoms with Crippen LogP contribution in [0.15, 0.2) is 72.9 Å². The van der Waals surface area contributed by atoms with E-state index >= 15 is 8.78 Å². The number of rotatable bonds is 7. The van der Waals surface area contributed by atoms with E-state index in [1.165, 1.54) is 17.8 Å². The van der Waals surface area contributed by atoms with Crippen LogP contribution >= 0.6 is 0 Å². The molecule has 1 aromatic heterocycles. The number of amides is 1. The molecule has 4 aromatic rings. The van der Waals surface area contributed by atoms with Crippen molar-refractivity contribution in [3.05, 3.63) is 101 Å². The van der Waals surface area contributed by atoms with Crippen molar-refractivity contribution in [3.8, 4) is 11.5 Å². The summed E-state index contributed by atoms with van der Waals surface area (Å²) in [5, 5.41) is 2.98. The minimum absolute atomic E-state index is 0.101.